The van der Waals surface area contributed by atoms with Crippen LogP contribution in [0.1, 0.15) is 52.4 Å². The lowest BCUT2D eigenvalue weighted by Gasteiger charge is -2.31. The second-order valence-electron chi connectivity index (χ2n) is 5.01. The minimum atomic E-state index is 0.931. The van der Waals surface area contributed by atoms with Crippen molar-refractivity contribution in [3.05, 3.63) is 0 Å². The zero-order valence-corrected chi connectivity index (χ0v) is 11.2. The Morgan fingerprint density at radius 2 is 1.81 bits per heavy atom. The second kappa shape index (κ2) is 9.00. The van der Waals surface area contributed by atoms with Crippen molar-refractivity contribution in [3.63, 3.8) is 0 Å². The summed E-state index contributed by atoms with van der Waals surface area (Å²) in [5, 5.41) is 0. The van der Waals surface area contributed by atoms with Crippen molar-refractivity contribution in [1.82, 2.24) is 4.90 Å². The maximum Gasteiger partial charge on any atom is 0.0593 e. The highest BCUT2D eigenvalue weighted by atomic mass is 16.5. The van der Waals surface area contributed by atoms with E-state index in [1.165, 1.54) is 51.6 Å². The summed E-state index contributed by atoms with van der Waals surface area (Å²) >= 11 is 0. The minimum absolute atomic E-state index is 0.931. The molecule has 1 heterocycles. The van der Waals surface area contributed by atoms with E-state index in [1.54, 1.807) is 0 Å². The van der Waals surface area contributed by atoms with E-state index in [4.69, 9.17) is 4.74 Å². The Balaban J connectivity index is 1.90. The van der Waals surface area contributed by atoms with Crippen LogP contribution in [0.15, 0.2) is 0 Å². The number of ether oxygens (including phenoxy) is 1. The van der Waals surface area contributed by atoms with Crippen molar-refractivity contribution in [1.29, 1.82) is 0 Å². The minimum Gasteiger partial charge on any atom is -0.380 e. The molecule has 2 heteroatoms. The summed E-state index contributed by atoms with van der Waals surface area (Å²) in [6.45, 7) is 10.2. The Bertz CT molecular complexity index is 153. The van der Waals surface area contributed by atoms with Crippen molar-refractivity contribution < 1.29 is 4.74 Å². The van der Waals surface area contributed by atoms with Crippen LogP contribution in [0.4, 0.5) is 0 Å². The molecule has 1 fully saturated rings. The molecule has 1 saturated heterocycles. The molecule has 0 unspecified atom stereocenters. The van der Waals surface area contributed by atoms with Gasteiger partial charge in [-0.25, -0.2) is 0 Å². The van der Waals surface area contributed by atoms with Crippen molar-refractivity contribution in [2.75, 3.05) is 32.8 Å². The first kappa shape index (κ1) is 14.0. The maximum atomic E-state index is 5.65. The molecule has 0 aliphatic carbocycles. The van der Waals surface area contributed by atoms with Gasteiger partial charge in [0.2, 0.25) is 0 Å². The third-order valence-corrected chi connectivity index (χ3v) is 3.73. The molecule has 0 aromatic carbocycles. The summed E-state index contributed by atoms with van der Waals surface area (Å²) in [6, 6.07) is 0. The summed E-state index contributed by atoms with van der Waals surface area (Å²) in [7, 11) is 0. The number of hydrogen-bond donors (Lipinski definition) is 0. The van der Waals surface area contributed by atoms with Crippen LogP contribution in [0.2, 0.25) is 0 Å². The number of piperidine rings is 1. The Morgan fingerprint density at radius 3 is 2.44 bits per heavy atom. The van der Waals surface area contributed by atoms with Crippen LogP contribution in [-0.2, 0) is 4.74 Å². The van der Waals surface area contributed by atoms with Gasteiger partial charge in [-0.15, -0.1) is 0 Å². The molecular weight excluding hydrogens is 198 g/mol. The lowest BCUT2D eigenvalue weighted by atomic mass is 9.94. The molecule has 16 heavy (non-hydrogen) atoms. The smallest absolute Gasteiger partial charge is 0.0593 e. The van der Waals surface area contributed by atoms with Gasteiger partial charge >= 0.3 is 0 Å². The first-order valence-electron chi connectivity index (χ1n) is 7.16. The topological polar surface area (TPSA) is 12.5 Å². The van der Waals surface area contributed by atoms with Gasteiger partial charge in [0.15, 0.2) is 0 Å². The Kier molecular flexibility index (Phi) is 7.87. The first-order valence-corrected chi connectivity index (χ1v) is 7.16. The van der Waals surface area contributed by atoms with Gasteiger partial charge in [-0.05, 0) is 38.3 Å². The molecule has 0 atom stereocenters. The van der Waals surface area contributed by atoms with Crippen LogP contribution in [0.5, 0.6) is 0 Å². The van der Waals surface area contributed by atoms with E-state index < -0.39 is 0 Å². The normalized spacial score (nSPS) is 19.1. The highest BCUT2D eigenvalue weighted by molar-refractivity contribution is 4.70. The molecule has 1 aliphatic rings. The fourth-order valence-corrected chi connectivity index (χ4v) is 2.37. The lowest BCUT2D eigenvalue weighted by Crippen LogP contribution is -2.35. The van der Waals surface area contributed by atoms with Gasteiger partial charge in [0, 0.05) is 13.2 Å². The summed E-state index contributed by atoms with van der Waals surface area (Å²) in [6.07, 6.45) is 7.98. The van der Waals surface area contributed by atoms with Crippen molar-refractivity contribution >= 4 is 0 Å². The Labute approximate surface area is 101 Å². The summed E-state index contributed by atoms with van der Waals surface area (Å²) in [4.78, 5) is 2.56. The molecule has 2 nitrogen and oxygen atoms in total. The predicted molar refractivity (Wildman–Crippen MR) is 69.8 cm³/mol. The third-order valence-electron chi connectivity index (χ3n) is 3.73. The van der Waals surface area contributed by atoms with Crippen LogP contribution in [-0.4, -0.2) is 37.7 Å². The monoisotopic (exact) mass is 227 g/mol. The molecule has 0 aromatic heterocycles. The van der Waals surface area contributed by atoms with Crippen LogP contribution in [0.25, 0.3) is 0 Å². The van der Waals surface area contributed by atoms with Gasteiger partial charge in [-0.1, -0.05) is 33.1 Å². The molecule has 0 spiro atoms. The number of unbranched alkanes of at least 4 members (excludes halogenated alkanes) is 2. The fourth-order valence-electron chi connectivity index (χ4n) is 2.37. The Morgan fingerprint density at radius 1 is 1.06 bits per heavy atom. The van der Waals surface area contributed by atoms with Crippen LogP contribution in [0.3, 0.4) is 0 Å². The SMILES string of the molecule is CCCCCOCCN1CCC(CC)CC1. The standard InChI is InChI=1S/C14H29NO/c1-3-5-6-12-16-13-11-15-9-7-14(4-2)8-10-15/h14H,3-13H2,1-2H3. The predicted octanol–water partition coefficient (Wildman–Crippen LogP) is 3.32. The van der Waals surface area contributed by atoms with E-state index in [9.17, 15) is 0 Å². The van der Waals surface area contributed by atoms with E-state index in [1.807, 2.05) is 0 Å². The molecule has 0 amide bonds. The molecule has 0 saturated carbocycles. The van der Waals surface area contributed by atoms with Gasteiger partial charge in [-0.3, -0.25) is 0 Å². The van der Waals surface area contributed by atoms with Crippen LogP contribution >= 0.6 is 0 Å². The van der Waals surface area contributed by atoms with E-state index in [2.05, 4.69) is 18.7 Å². The number of likely N-dealkylation sites (tertiary alicyclic amines) is 1. The van der Waals surface area contributed by atoms with Crippen molar-refractivity contribution in [2.24, 2.45) is 5.92 Å². The number of hydrogen-bond acceptors (Lipinski definition) is 2. The molecule has 1 rings (SSSR count). The molecule has 1 aliphatic heterocycles. The molecule has 0 bridgehead atoms. The molecule has 0 radical (unpaired) electrons. The van der Waals surface area contributed by atoms with Gasteiger partial charge in [0.05, 0.1) is 6.61 Å². The molecule has 96 valence electrons. The van der Waals surface area contributed by atoms with Gasteiger partial charge < -0.3 is 9.64 Å². The first-order chi connectivity index (χ1) is 7.86. The highest BCUT2D eigenvalue weighted by Crippen LogP contribution is 2.19. The van der Waals surface area contributed by atoms with E-state index in [0.29, 0.717) is 0 Å². The van der Waals surface area contributed by atoms with E-state index >= 15 is 0 Å². The number of rotatable bonds is 8. The molecular formula is C14H29NO. The number of nitrogens with zero attached hydrogens (tertiary/aromatic N) is 1. The lowest BCUT2D eigenvalue weighted by molar-refractivity contribution is 0.0859. The average Bonchev–Trinajstić information content (AvgIpc) is 2.34. The van der Waals surface area contributed by atoms with Crippen molar-refractivity contribution in [2.45, 2.75) is 52.4 Å². The average molecular weight is 227 g/mol. The zero-order chi connectivity index (χ0) is 11.6. The third kappa shape index (κ3) is 5.86. The largest absolute Gasteiger partial charge is 0.380 e. The van der Waals surface area contributed by atoms with Crippen LogP contribution < -0.4 is 0 Å². The van der Waals surface area contributed by atoms with Crippen molar-refractivity contribution in [3.8, 4) is 0 Å². The van der Waals surface area contributed by atoms with Gasteiger partial charge in [0.25, 0.3) is 0 Å². The molecule has 0 aromatic rings. The van der Waals surface area contributed by atoms with E-state index in [-0.39, 0.29) is 0 Å². The Hall–Kier alpha value is -0.0800. The summed E-state index contributed by atoms with van der Waals surface area (Å²) < 4.78 is 5.65. The van der Waals surface area contributed by atoms with Crippen LogP contribution in [0, 0.1) is 5.92 Å². The van der Waals surface area contributed by atoms with E-state index in [0.717, 1.165) is 25.7 Å². The summed E-state index contributed by atoms with van der Waals surface area (Å²) in [5.41, 5.74) is 0. The quantitative estimate of drug-likeness (QED) is 0.590. The fraction of sp³-hybridized carbons (Fsp3) is 1.00. The zero-order valence-electron chi connectivity index (χ0n) is 11.2. The summed E-state index contributed by atoms with van der Waals surface area (Å²) in [5.74, 6) is 0.988. The molecule has 0 N–H and O–H groups in total. The highest BCUT2D eigenvalue weighted by Gasteiger charge is 2.16. The van der Waals surface area contributed by atoms with Gasteiger partial charge in [0.1, 0.15) is 0 Å². The maximum absolute atomic E-state index is 5.65. The van der Waals surface area contributed by atoms with Gasteiger partial charge in [-0.2, -0.15) is 0 Å². The second-order valence-corrected chi connectivity index (χ2v) is 5.01.